The first-order valence-electron chi connectivity index (χ1n) is 2.18. The third-order valence-corrected chi connectivity index (χ3v) is 1.35. The summed E-state index contributed by atoms with van der Waals surface area (Å²) in [5.41, 5.74) is 5.02. The molecule has 0 radical (unpaired) electrons. The van der Waals surface area contributed by atoms with Crippen LogP contribution in [0.4, 0.5) is 4.53 Å². The van der Waals surface area contributed by atoms with Gasteiger partial charge in [0.05, 0.1) is 5.75 Å². The molecule has 1 atom stereocenters. The summed E-state index contributed by atoms with van der Waals surface area (Å²) in [5, 5.41) is 0. The molecule has 0 bridgehead atoms. The van der Waals surface area contributed by atoms with Crippen LogP contribution in [0.15, 0.2) is 0 Å². The van der Waals surface area contributed by atoms with E-state index < -0.39 is 11.1 Å². The summed E-state index contributed by atoms with van der Waals surface area (Å²) in [6.07, 6.45) is 0.524. The molecule has 50 valence electrons. The molecule has 0 heterocycles. The highest BCUT2D eigenvalue weighted by molar-refractivity contribution is 7.80. The third-order valence-electron chi connectivity index (χ3n) is 0.585. The topological polar surface area (TPSA) is 52.3 Å². The van der Waals surface area contributed by atoms with Crippen molar-refractivity contribution >= 4 is 11.1 Å². The van der Waals surface area contributed by atoms with Crippen LogP contribution in [0, 0.1) is 0 Å². The fraction of sp³-hybridized carbons (Fsp3) is 1.00. The highest BCUT2D eigenvalue weighted by atomic mass is 32.2. The van der Waals surface area contributed by atoms with E-state index in [0.29, 0.717) is 13.0 Å². The Morgan fingerprint density at radius 3 is 2.75 bits per heavy atom. The second-order valence-corrected chi connectivity index (χ2v) is 2.35. The van der Waals surface area contributed by atoms with Gasteiger partial charge in [0.2, 0.25) is 0 Å². The van der Waals surface area contributed by atoms with Gasteiger partial charge in [0.25, 0.3) is 0 Å². The minimum atomic E-state index is -1.77. The van der Waals surface area contributed by atoms with Crippen LogP contribution in [-0.4, -0.2) is 16.5 Å². The van der Waals surface area contributed by atoms with E-state index in [1.54, 1.807) is 0 Å². The monoisotopic (exact) mass is 141 g/mol. The predicted octanol–water partition coefficient (Wildman–Crippen LogP) is -0.100. The lowest BCUT2D eigenvalue weighted by Gasteiger charge is -1.89. The summed E-state index contributed by atoms with van der Waals surface area (Å²) in [4.78, 5) is 0. The highest BCUT2D eigenvalue weighted by Gasteiger charge is 1.95. The van der Waals surface area contributed by atoms with Crippen LogP contribution in [0.5, 0.6) is 0 Å². The summed E-state index contributed by atoms with van der Waals surface area (Å²) in [5.74, 6) is 0.174. The summed E-state index contributed by atoms with van der Waals surface area (Å²) < 4.78 is 23.9. The molecule has 1 unspecified atom stereocenters. The number of hydrogen-bond acceptors (Lipinski definition) is 3. The van der Waals surface area contributed by atoms with Gasteiger partial charge in [-0.25, -0.2) is 4.21 Å². The van der Waals surface area contributed by atoms with Gasteiger partial charge in [0.1, 0.15) is 0 Å². The van der Waals surface area contributed by atoms with Crippen LogP contribution in [-0.2, 0) is 15.5 Å². The van der Waals surface area contributed by atoms with E-state index in [-0.39, 0.29) is 5.75 Å². The number of hydrogen-bond donors (Lipinski definition) is 1. The fourth-order valence-electron chi connectivity index (χ4n) is 0.233. The Morgan fingerprint density at radius 2 is 2.38 bits per heavy atom. The van der Waals surface area contributed by atoms with E-state index in [1.165, 1.54) is 0 Å². The number of nitrogens with two attached hydrogens (primary N) is 1. The Labute approximate surface area is 49.6 Å². The Kier molecular flexibility index (Phi) is 5.14. The van der Waals surface area contributed by atoms with Gasteiger partial charge in [-0.3, -0.25) is 0 Å². The van der Waals surface area contributed by atoms with Crippen molar-refractivity contribution in [2.24, 2.45) is 5.73 Å². The van der Waals surface area contributed by atoms with Crippen LogP contribution in [0.3, 0.4) is 0 Å². The van der Waals surface area contributed by atoms with Crippen molar-refractivity contribution in [3.63, 3.8) is 0 Å². The Morgan fingerprint density at radius 1 is 1.75 bits per heavy atom. The van der Waals surface area contributed by atoms with Gasteiger partial charge in [-0.1, -0.05) is 4.39 Å². The van der Waals surface area contributed by atoms with E-state index >= 15 is 0 Å². The molecular weight excluding hydrogens is 133 g/mol. The zero-order valence-corrected chi connectivity index (χ0v) is 5.12. The highest BCUT2D eigenvalue weighted by Crippen LogP contribution is 1.87. The summed E-state index contributed by atoms with van der Waals surface area (Å²) in [7, 11) is 0. The first kappa shape index (κ1) is 8.00. The first-order chi connectivity index (χ1) is 3.81. The molecule has 0 rings (SSSR count). The molecule has 8 heavy (non-hydrogen) atoms. The quantitative estimate of drug-likeness (QED) is 0.594. The van der Waals surface area contributed by atoms with Crippen molar-refractivity contribution in [2.45, 2.75) is 6.42 Å². The first-order valence-corrected chi connectivity index (χ1v) is 3.43. The smallest absolute Gasteiger partial charge is 0.192 e. The number of halogens is 1. The molecule has 0 aromatic rings. The summed E-state index contributed by atoms with van der Waals surface area (Å²) in [6.45, 7) is 0.412. The SMILES string of the molecule is NCCCS(=O)OF. The fourth-order valence-corrected chi connectivity index (χ4v) is 0.698. The van der Waals surface area contributed by atoms with E-state index in [4.69, 9.17) is 5.73 Å². The van der Waals surface area contributed by atoms with Crippen LogP contribution in [0.1, 0.15) is 6.42 Å². The van der Waals surface area contributed by atoms with Gasteiger partial charge < -0.3 is 5.73 Å². The van der Waals surface area contributed by atoms with Crippen molar-refractivity contribution in [3.05, 3.63) is 0 Å². The normalized spacial score (nSPS) is 13.8. The molecule has 0 aromatic heterocycles. The van der Waals surface area contributed by atoms with Gasteiger partial charge in [-0.2, -0.15) is 0 Å². The van der Waals surface area contributed by atoms with Crippen LogP contribution in [0.25, 0.3) is 0 Å². The van der Waals surface area contributed by atoms with Crippen LogP contribution < -0.4 is 5.73 Å². The maximum atomic E-state index is 10.9. The van der Waals surface area contributed by atoms with E-state index in [9.17, 15) is 8.74 Å². The predicted molar refractivity (Wildman–Crippen MR) is 28.9 cm³/mol. The maximum Gasteiger partial charge on any atom is 0.192 e. The molecule has 3 nitrogen and oxygen atoms in total. The van der Waals surface area contributed by atoms with Gasteiger partial charge in [0, 0.05) is 0 Å². The lowest BCUT2D eigenvalue weighted by molar-refractivity contribution is 0.0126. The molecule has 0 aromatic carbocycles. The maximum absolute atomic E-state index is 10.9. The largest absolute Gasteiger partial charge is 0.330 e. The van der Waals surface area contributed by atoms with Gasteiger partial charge in [0.15, 0.2) is 11.1 Å². The zero-order chi connectivity index (χ0) is 6.41. The van der Waals surface area contributed by atoms with Crippen molar-refractivity contribution < 1.29 is 13.1 Å². The summed E-state index contributed by atoms with van der Waals surface area (Å²) in [6, 6.07) is 0. The van der Waals surface area contributed by atoms with E-state index in [1.807, 2.05) is 0 Å². The molecule has 0 fully saturated rings. The van der Waals surface area contributed by atoms with E-state index in [2.05, 4.69) is 4.39 Å². The molecule has 2 N–H and O–H groups in total. The van der Waals surface area contributed by atoms with E-state index in [0.717, 1.165) is 0 Å². The Hall–Kier alpha value is -0.0000000000000000278. The van der Waals surface area contributed by atoms with Gasteiger partial charge in [-0.15, -0.1) is 0 Å². The van der Waals surface area contributed by atoms with Crippen molar-refractivity contribution in [3.8, 4) is 0 Å². The average Bonchev–Trinajstić information content (AvgIpc) is 1.83. The van der Waals surface area contributed by atoms with Gasteiger partial charge in [-0.05, 0) is 17.5 Å². The molecule has 0 saturated heterocycles. The molecule has 5 heteroatoms. The van der Waals surface area contributed by atoms with Crippen molar-refractivity contribution in [1.82, 2.24) is 0 Å². The lowest BCUT2D eigenvalue weighted by Crippen LogP contribution is -2.05. The van der Waals surface area contributed by atoms with Crippen molar-refractivity contribution in [1.29, 1.82) is 0 Å². The molecular formula is C3H8FNO2S. The second kappa shape index (κ2) is 5.14. The molecule has 0 saturated carbocycles. The lowest BCUT2D eigenvalue weighted by atomic mass is 10.5. The van der Waals surface area contributed by atoms with Crippen LogP contribution in [0.2, 0.25) is 0 Å². The third kappa shape index (κ3) is 4.17. The summed E-state index contributed by atoms with van der Waals surface area (Å²) >= 11 is -1.77. The minimum absolute atomic E-state index is 0.174. The van der Waals surface area contributed by atoms with Crippen LogP contribution >= 0.6 is 0 Å². The minimum Gasteiger partial charge on any atom is -0.330 e. The molecule has 0 aliphatic heterocycles. The zero-order valence-electron chi connectivity index (χ0n) is 4.30. The van der Waals surface area contributed by atoms with Gasteiger partial charge >= 0.3 is 0 Å². The molecule has 0 aliphatic carbocycles. The Bertz CT molecular complexity index is 79.7. The Balaban J connectivity index is 2.99. The standard InChI is InChI=1S/C3H8FNO2S/c4-7-8(6)3-1-2-5/h1-3,5H2. The number of rotatable bonds is 4. The molecule has 0 aliphatic rings. The molecule has 0 spiro atoms. The average molecular weight is 141 g/mol. The second-order valence-electron chi connectivity index (χ2n) is 1.21. The van der Waals surface area contributed by atoms with Crippen molar-refractivity contribution in [2.75, 3.05) is 12.3 Å². The molecule has 0 amide bonds.